The molecular formula is C23H21ClF5N3O3. The van der Waals surface area contributed by atoms with Gasteiger partial charge >= 0.3 is 6.18 Å². The standard InChI is InChI=1S/C23H21ClF5N3O3/c1-4-18-17(10-33)30-21(32(18)3)12-9-19(35-11(2)23(27,28)29)13(8-16(12)26)22(34)31-20-14(24)6-5-7-15(20)25/h5-9,11,33H,4,10H2,1-3H3,(H,31,34). The fourth-order valence-corrected chi connectivity index (χ4v) is 3.66. The maximum Gasteiger partial charge on any atom is 0.425 e. The van der Waals surface area contributed by atoms with Crippen molar-refractivity contribution >= 4 is 23.2 Å². The van der Waals surface area contributed by atoms with E-state index in [0.717, 1.165) is 19.1 Å². The molecule has 3 aromatic rings. The molecule has 1 atom stereocenters. The molecule has 1 aromatic heterocycles. The van der Waals surface area contributed by atoms with Gasteiger partial charge in [-0.15, -0.1) is 0 Å². The van der Waals surface area contributed by atoms with Gasteiger partial charge in [0.2, 0.25) is 0 Å². The largest absolute Gasteiger partial charge is 0.480 e. The number of alkyl halides is 3. The van der Waals surface area contributed by atoms with E-state index in [1.807, 2.05) is 0 Å². The number of nitrogens with one attached hydrogen (secondary N) is 1. The highest BCUT2D eigenvalue weighted by Crippen LogP contribution is 2.35. The molecule has 0 aliphatic rings. The number of anilines is 1. The maximum atomic E-state index is 15.2. The van der Waals surface area contributed by atoms with Crippen LogP contribution in [0.5, 0.6) is 5.75 Å². The first kappa shape index (κ1) is 26.4. The molecule has 0 aliphatic carbocycles. The van der Waals surface area contributed by atoms with Crippen molar-refractivity contribution in [1.29, 1.82) is 0 Å². The van der Waals surface area contributed by atoms with Crippen LogP contribution < -0.4 is 10.1 Å². The summed E-state index contributed by atoms with van der Waals surface area (Å²) in [5.74, 6) is -3.63. The van der Waals surface area contributed by atoms with Gasteiger partial charge in [0.15, 0.2) is 6.10 Å². The van der Waals surface area contributed by atoms with Crippen LogP contribution in [0, 0.1) is 11.6 Å². The minimum absolute atomic E-state index is 0.0111. The number of carbonyl (C=O) groups excluding carboxylic acids is 1. The Morgan fingerprint density at radius 1 is 1.26 bits per heavy atom. The Morgan fingerprint density at radius 3 is 2.49 bits per heavy atom. The van der Waals surface area contributed by atoms with Crippen LogP contribution >= 0.6 is 11.6 Å². The summed E-state index contributed by atoms with van der Waals surface area (Å²) in [5.41, 5.74) is -0.445. The van der Waals surface area contributed by atoms with Crippen LogP contribution in [0.1, 0.15) is 35.6 Å². The van der Waals surface area contributed by atoms with E-state index in [0.29, 0.717) is 18.2 Å². The van der Waals surface area contributed by atoms with Gasteiger partial charge in [0.1, 0.15) is 23.2 Å². The molecule has 6 nitrogen and oxygen atoms in total. The summed E-state index contributed by atoms with van der Waals surface area (Å²) in [5, 5.41) is 11.5. The normalized spacial score (nSPS) is 12.5. The Morgan fingerprint density at radius 2 is 1.94 bits per heavy atom. The second-order valence-electron chi connectivity index (χ2n) is 7.58. The average Bonchev–Trinajstić information content (AvgIpc) is 3.11. The highest BCUT2D eigenvalue weighted by atomic mass is 35.5. The van der Waals surface area contributed by atoms with Gasteiger partial charge in [0.05, 0.1) is 34.1 Å². The number of aliphatic hydroxyl groups excluding tert-OH is 1. The number of aromatic nitrogens is 2. The maximum absolute atomic E-state index is 15.2. The Bertz CT molecular complexity index is 1240. The molecule has 0 radical (unpaired) electrons. The smallest absolute Gasteiger partial charge is 0.425 e. The zero-order valence-electron chi connectivity index (χ0n) is 18.8. The summed E-state index contributed by atoms with van der Waals surface area (Å²) < 4.78 is 75.5. The molecule has 0 bridgehead atoms. The molecule has 1 unspecified atom stereocenters. The van der Waals surface area contributed by atoms with Crippen LogP contribution in [-0.4, -0.2) is 32.8 Å². The van der Waals surface area contributed by atoms with E-state index in [9.17, 15) is 27.5 Å². The fraction of sp³-hybridized carbons (Fsp3) is 0.304. The van der Waals surface area contributed by atoms with Gasteiger partial charge in [-0.1, -0.05) is 24.6 Å². The fourth-order valence-electron chi connectivity index (χ4n) is 3.45. The lowest BCUT2D eigenvalue weighted by Gasteiger charge is -2.21. The lowest BCUT2D eigenvalue weighted by Crippen LogP contribution is -2.32. The molecule has 0 fully saturated rings. The predicted molar refractivity (Wildman–Crippen MR) is 119 cm³/mol. The molecule has 1 amide bonds. The number of halogens is 6. The second-order valence-corrected chi connectivity index (χ2v) is 7.99. The zero-order chi connectivity index (χ0) is 26.1. The monoisotopic (exact) mass is 517 g/mol. The first-order valence-electron chi connectivity index (χ1n) is 10.4. The number of carbonyl (C=O) groups is 1. The van der Waals surface area contributed by atoms with E-state index in [1.165, 1.54) is 16.7 Å². The van der Waals surface area contributed by atoms with Crippen molar-refractivity contribution in [2.24, 2.45) is 7.05 Å². The minimum Gasteiger partial charge on any atom is -0.480 e. The molecule has 0 aliphatic heterocycles. The summed E-state index contributed by atoms with van der Waals surface area (Å²) in [7, 11) is 1.55. The van der Waals surface area contributed by atoms with Crippen LogP contribution in [0.3, 0.4) is 0 Å². The number of imidazole rings is 1. The quantitative estimate of drug-likeness (QED) is 0.397. The summed E-state index contributed by atoms with van der Waals surface area (Å²) >= 11 is 5.90. The Hall–Kier alpha value is -3.18. The molecule has 35 heavy (non-hydrogen) atoms. The summed E-state index contributed by atoms with van der Waals surface area (Å²) in [6.07, 6.45) is -6.70. The van der Waals surface area contributed by atoms with E-state index in [4.69, 9.17) is 16.3 Å². The number of hydrogen-bond acceptors (Lipinski definition) is 4. The first-order valence-corrected chi connectivity index (χ1v) is 10.7. The van der Waals surface area contributed by atoms with Crippen molar-refractivity contribution in [3.63, 3.8) is 0 Å². The third-order valence-corrected chi connectivity index (χ3v) is 5.62. The van der Waals surface area contributed by atoms with Gasteiger partial charge < -0.3 is 19.7 Å². The van der Waals surface area contributed by atoms with Crippen LogP contribution in [-0.2, 0) is 20.1 Å². The van der Waals surface area contributed by atoms with E-state index in [-0.39, 0.29) is 22.1 Å². The van der Waals surface area contributed by atoms with Crippen molar-refractivity contribution in [2.45, 2.75) is 39.2 Å². The molecule has 0 saturated carbocycles. The Balaban J connectivity index is 2.15. The molecule has 188 valence electrons. The molecule has 0 spiro atoms. The number of ether oxygens (including phenoxy) is 1. The summed E-state index contributed by atoms with van der Waals surface area (Å²) in [6, 6.07) is 5.19. The molecule has 3 rings (SSSR count). The predicted octanol–water partition coefficient (Wildman–Crippen LogP) is 5.66. The molecule has 0 saturated heterocycles. The highest BCUT2D eigenvalue weighted by molar-refractivity contribution is 6.34. The topological polar surface area (TPSA) is 76.4 Å². The van der Waals surface area contributed by atoms with Gasteiger partial charge in [0.25, 0.3) is 5.91 Å². The van der Waals surface area contributed by atoms with Gasteiger partial charge in [0, 0.05) is 12.7 Å². The van der Waals surface area contributed by atoms with Gasteiger partial charge in [-0.05, 0) is 37.6 Å². The highest BCUT2D eigenvalue weighted by Gasteiger charge is 2.39. The van der Waals surface area contributed by atoms with Crippen molar-refractivity contribution in [2.75, 3.05) is 5.32 Å². The molecule has 1 heterocycles. The number of hydrogen-bond donors (Lipinski definition) is 2. The van der Waals surface area contributed by atoms with Gasteiger partial charge in [-0.25, -0.2) is 13.8 Å². The van der Waals surface area contributed by atoms with Gasteiger partial charge in [-0.2, -0.15) is 13.2 Å². The molecule has 2 N–H and O–H groups in total. The number of amides is 1. The molecule has 12 heteroatoms. The van der Waals surface area contributed by atoms with Crippen molar-refractivity contribution < 1.29 is 36.6 Å². The molecule has 2 aromatic carbocycles. The summed E-state index contributed by atoms with van der Waals surface area (Å²) in [4.78, 5) is 17.1. The lowest BCUT2D eigenvalue weighted by molar-refractivity contribution is -0.189. The first-order chi connectivity index (χ1) is 16.4. The van der Waals surface area contributed by atoms with Crippen LogP contribution in [0.2, 0.25) is 5.02 Å². The second kappa shape index (κ2) is 10.2. The minimum atomic E-state index is -4.79. The number of aliphatic hydroxyl groups is 1. The number of para-hydroxylation sites is 1. The van der Waals surface area contributed by atoms with E-state index in [1.54, 1.807) is 14.0 Å². The lowest BCUT2D eigenvalue weighted by atomic mass is 10.1. The van der Waals surface area contributed by atoms with Crippen molar-refractivity contribution in [3.05, 3.63) is 63.9 Å². The van der Waals surface area contributed by atoms with Crippen LogP contribution in [0.25, 0.3) is 11.4 Å². The average molecular weight is 518 g/mol. The Kier molecular flexibility index (Phi) is 7.71. The van der Waals surface area contributed by atoms with Crippen LogP contribution in [0.4, 0.5) is 27.6 Å². The molecular weight excluding hydrogens is 497 g/mol. The van der Waals surface area contributed by atoms with Crippen molar-refractivity contribution in [3.8, 4) is 17.1 Å². The number of benzene rings is 2. The van der Waals surface area contributed by atoms with Gasteiger partial charge in [-0.3, -0.25) is 4.79 Å². The third kappa shape index (κ3) is 5.40. The number of rotatable bonds is 7. The SMILES string of the molecule is CCc1c(CO)nc(-c2cc(OC(C)C(F)(F)F)c(C(=O)Nc3c(F)cccc3Cl)cc2F)n1C. The van der Waals surface area contributed by atoms with Crippen LogP contribution in [0.15, 0.2) is 30.3 Å². The van der Waals surface area contributed by atoms with E-state index >= 15 is 4.39 Å². The van der Waals surface area contributed by atoms with E-state index < -0.39 is 53.4 Å². The van der Waals surface area contributed by atoms with Crippen molar-refractivity contribution in [1.82, 2.24) is 9.55 Å². The van der Waals surface area contributed by atoms with E-state index in [2.05, 4.69) is 10.3 Å². The number of nitrogens with zero attached hydrogens (tertiary/aromatic N) is 2. The Labute approximate surface area is 202 Å². The summed E-state index contributed by atoms with van der Waals surface area (Å²) in [6.45, 7) is 2.08. The third-order valence-electron chi connectivity index (χ3n) is 5.30. The zero-order valence-corrected chi connectivity index (χ0v) is 19.6.